The Morgan fingerprint density at radius 2 is 1.95 bits per heavy atom. The van der Waals surface area contributed by atoms with Crippen molar-refractivity contribution in [2.24, 2.45) is 0 Å². The molecule has 0 unspecified atom stereocenters. The van der Waals surface area contributed by atoms with Crippen molar-refractivity contribution in [1.82, 2.24) is 10.3 Å². The minimum atomic E-state index is -0.0850. The van der Waals surface area contributed by atoms with E-state index in [0.29, 0.717) is 5.56 Å². The fourth-order valence-electron chi connectivity index (χ4n) is 1.66. The first kappa shape index (κ1) is 15.5. The molecule has 2 N–H and O–H groups in total. The summed E-state index contributed by atoms with van der Waals surface area (Å²) in [6.07, 6.45) is 0. The molecule has 0 aliphatic heterocycles. The molecule has 0 saturated heterocycles. The van der Waals surface area contributed by atoms with E-state index in [9.17, 15) is 4.79 Å². The summed E-state index contributed by atoms with van der Waals surface area (Å²) in [5.41, 5.74) is 1.49. The Labute approximate surface area is 116 Å². The monoisotopic (exact) mass is 263 g/mol. The van der Waals surface area contributed by atoms with E-state index in [1.54, 1.807) is 6.07 Å². The summed E-state index contributed by atoms with van der Waals surface area (Å²) < 4.78 is 0. The van der Waals surface area contributed by atoms with Gasteiger partial charge in [0.05, 0.1) is 0 Å². The van der Waals surface area contributed by atoms with Gasteiger partial charge in [-0.3, -0.25) is 4.79 Å². The first-order valence-corrected chi connectivity index (χ1v) is 6.81. The van der Waals surface area contributed by atoms with Crippen molar-refractivity contribution in [1.29, 1.82) is 0 Å². The number of nitrogens with one attached hydrogen (secondary N) is 2. The number of hydrogen-bond donors (Lipinski definition) is 2. The Bertz CT molecular complexity index is 447. The van der Waals surface area contributed by atoms with Crippen LogP contribution in [0.1, 0.15) is 57.6 Å². The zero-order valence-corrected chi connectivity index (χ0v) is 12.8. The van der Waals surface area contributed by atoms with Gasteiger partial charge in [0.25, 0.3) is 5.91 Å². The predicted molar refractivity (Wildman–Crippen MR) is 79.7 cm³/mol. The Morgan fingerprint density at radius 3 is 2.42 bits per heavy atom. The molecule has 1 rings (SSSR count). The zero-order valence-electron chi connectivity index (χ0n) is 12.8. The highest BCUT2D eigenvalue weighted by Crippen LogP contribution is 2.23. The topological polar surface area (TPSA) is 54.0 Å². The van der Waals surface area contributed by atoms with Gasteiger partial charge in [0.2, 0.25) is 0 Å². The molecule has 0 fully saturated rings. The van der Waals surface area contributed by atoms with Crippen LogP contribution in [0, 0.1) is 0 Å². The van der Waals surface area contributed by atoms with Crippen LogP contribution in [0.3, 0.4) is 0 Å². The summed E-state index contributed by atoms with van der Waals surface area (Å²) in [4.78, 5) is 16.7. The standard InChI is InChI=1S/C15H25N3O/c1-7-16-13-9-11(14(19)17-10(2)3)8-12(18-13)15(4,5)6/h8-10H,7H2,1-6H3,(H,16,18)(H,17,19). The molecule has 1 heterocycles. The molecule has 0 saturated carbocycles. The van der Waals surface area contributed by atoms with Crippen molar-refractivity contribution in [2.45, 2.75) is 53.0 Å². The summed E-state index contributed by atoms with van der Waals surface area (Å²) in [5.74, 6) is 0.700. The number of amides is 1. The zero-order chi connectivity index (χ0) is 14.6. The third-order valence-electron chi connectivity index (χ3n) is 2.63. The maximum absolute atomic E-state index is 12.1. The molecule has 0 atom stereocenters. The number of carbonyl (C=O) groups excluding carboxylic acids is 1. The predicted octanol–water partition coefficient (Wildman–Crippen LogP) is 2.95. The van der Waals surface area contributed by atoms with E-state index in [-0.39, 0.29) is 17.4 Å². The van der Waals surface area contributed by atoms with E-state index >= 15 is 0 Å². The molecule has 1 amide bonds. The van der Waals surface area contributed by atoms with E-state index in [2.05, 4.69) is 36.4 Å². The molecule has 0 radical (unpaired) electrons. The Hall–Kier alpha value is -1.58. The molecule has 0 aliphatic carbocycles. The average molecular weight is 263 g/mol. The van der Waals surface area contributed by atoms with Crippen LogP contribution >= 0.6 is 0 Å². The van der Waals surface area contributed by atoms with Crippen molar-refractivity contribution >= 4 is 11.7 Å². The number of anilines is 1. The lowest BCUT2D eigenvalue weighted by Crippen LogP contribution is -2.30. The van der Waals surface area contributed by atoms with Crippen molar-refractivity contribution in [2.75, 3.05) is 11.9 Å². The first-order valence-electron chi connectivity index (χ1n) is 6.81. The van der Waals surface area contributed by atoms with Crippen molar-refractivity contribution in [3.63, 3.8) is 0 Å². The molecular weight excluding hydrogens is 238 g/mol. The third-order valence-corrected chi connectivity index (χ3v) is 2.63. The number of nitrogens with zero attached hydrogens (tertiary/aromatic N) is 1. The third kappa shape index (κ3) is 4.54. The maximum Gasteiger partial charge on any atom is 0.251 e. The van der Waals surface area contributed by atoms with E-state index in [1.807, 2.05) is 26.8 Å². The molecule has 4 nitrogen and oxygen atoms in total. The van der Waals surface area contributed by atoms with Gasteiger partial charge in [-0.1, -0.05) is 20.8 Å². The van der Waals surface area contributed by atoms with Gasteiger partial charge in [0, 0.05) is 29.3 Å². The highest BCUT2D eigenvalue weighted by atomic mass is 16.1. The Morgan fingerprint density at radius 1 is 1.32 bits per heavy atom. The van der Waals surface area contributed by atoms with Gasteiger partial charge in [-0.05, 0) is 32.9 Å². The molecule has 19 heavy (non-hydrogen) atoms. The second kappa shape index (κ2) is 6.04. The maximum atomic E-state index is 12.1. The molecular formula is C15H25N3O. The lowest BCUT2D eigenvalue weighted by Gasteiger charge is -2.20. The van der Waals surface area contributed by atoms with Crippen molar-refractivity contribution in [3.05, 3.63) is 23.4 Å². The highest BCUT2D eigenvalue weighted by Gasteiger charge is 2.19. The second-order valence-corrected chi connectivity index (χ2v) is 6.03. The van der Waals surface area contributed by atoms with Gasteiger partial charge in [0.1, 0.15) is 5.82 Å². The Kier molecular flexibility index (Phi) is 4.92. The normalized spacial score (nSPS) is 11.5. The summed E-state index contributed by atoms with van der Waals surface area (Å²) in [6, 6.07) is 3.80. The fourth-order valence-corrected chi connectivity index (χ4v) is 1.66. The van der Waals surface area contributed by atoms with Gasteiger partial charge in [-0.15, -0.1) is 0 Å². The Balaban J connectivity index is 3.16. The summed E-state index contributed by atoms with van der Waals surface area (Å²) >= 11 is 0. The molecule has 0 aromatic carbocycles. The van der Waals surface area contributed by atoms with Crippen LogP contribution in [0.15, 0.2) is 12.1 Å². The number of aromatic nitrogens is 1. The van der Waals surface area contributed by atoms with Crippen LogP contribution in [0.4, 0.5) is 5.82 Å². The fraction of sp³-hybridized carbons (Fsp3) is 0.600. The minimum Gasteiger partial charge on any atom is -0.370 e. The molecule has 1 aromatic rings. The van der Waals surface area contributed by atoms with Crippen LogP contribution in [-0.4, -0.2) is 23.5 Å². The number of hydrogen-bond acceptors (Lipinski definition) is 3. The lowest BCUT2D eigenvalue weighted by atomic mass is 9.90. The van der Waals surface area contributed by atoms with E-state index in [1.165, 1.54) is 0 Å². The second-order valence-electron chi connectivity index (χ2n) is 6.03. The van der Waals surface area contributed by atoms with E-state index in [4.69, 9.17) is 0 Å². The minimum absolute atomic E-state index is 0.0537. The molecule has 0 spiro atoms. The molecule has 0 bridgehead atoms. The van der Waals surface area contributed by atoms with Crippen LogP contribution in [0.2, 0.25) is 0 Å². The largest absolute Gasteiger partial charge is 0.370 e. The summed E-state index contributed by atoms with van der Waals surface area (Å²) in [5, 5.41) is 6.09. The molecule has 106 valence electrons. The molecule has 4 heteroatoms. The van der Waals surface area contributed by atoms with Crippen LogP contribution in [-0.2, 0) is 5.41 Å². The van der Waals surface area contributed by atoms with Gasteiger partial charge in [0.15, 0.2) is 0 Å². The van der Waals surface area contributed by atoms with E-state index < -0.39 is 0 Å². The van der Waals surface area contributed by atoms with Crippen LogP contribution in [0.5, 0.6) is 0 Å². The van der Waals surface area contributed by atoms with Crippen LogP contribution < -0.4 is 10.6 Å². The van der Waals surface area contributed by atoms with E-state index in [0.717, 1.165) is 18.1 Å². The first-order chi connectivity index (χ1) is 8.74. The lowest BCUT2D eigenvalue weighted by molar-refractivity contribution is 0.0943. The smallest absolute Gasteiger partial charge is 0.251 e. The van der Waals surface area contributed by atoms with Gasteiger partial charge in [-0.25, -0.2) is 4.98 Å². The number of rotatable bonds is 4. The summed E-state index contributed by atoms with van der Waals surface area (Å²) in [7, 11) is 0. The van der Waals surface area contributed by atoms with Crippen molar-refractivity contribution in [3.8, 4) is 0 Å². The number of pyridine rings is 1. The quantitative estimate of drug-likeness (QED) is 0.878. The van der Waals surface area contributed by atoms with Crippen LogP contribution in [0.25, 0.3) is 0 Å². The van der Waals surface area contributed by atoms with Crippen molar-refractivity contribution < 1.29 is 4.79 Å². The molecule has 0 aliphatic rings. The van der Waals surface area contributed by atoms with Gasteiger partial charge in [-0.2, -0.15) is 0 Å². The SMILES string of the molecule is CCNc1cc(C(=O)NC(C)C)cc(C(C)(C)C)n1. The number of carbonyl (C=O) groups is 1. The average Bonchev–Trinajstić information content (AvgIpc) is 2.27. The van der Waals surface area contributed by atoms with Gasteiger partial charge >= 0.3 is 0 Å². The molecule has 1 aromatic heterocycles. The van der Waals surface area contributed by atoms with Gasteiger partial charge < -0.3 is 10.6 Å². The highest BCUT2D eigenvalue weighted by molar-refractivity contribution is 5.95. The summed E-state index contributed by atoms with van der Waals surface area (Å²) in [6.45, 7) is 13.0.